The molecule has 0 aromatic heterocycles. The van der Waals surface area contributed by atoms with Crippen LogP contribution in [-0.4, -0.2) is 73.1 Å². The summed E-state index contributed by atoms with van der Waals surface area (Å²) in [4.78, 5) is 7.95. The molecule has 3 nitrogen and oxygen atoms in total. The van der Waals surface area contributed by atoms with Gasteiger partial charge in [0.05, 0.1) is 0 Å². The smallest absolute Gasteiger partial charge is 0.0246 e. The van der Waals surface area contributed by atoms with Gasteiger partial charge in [0.25, 0.3) is 0 Å². The van der Waals surface area contributed by atoms with Crippen LogP contribution in [-0.2, 0) is 0 Å². The van der Waals surface area contributed by atoms with Gasteiger partial charge in [0, 0.05) is 38.3 Å². The molecule has 0 aromatic rings. The summed E-state index contributed by atoms with van der Waals surface area (Å²) >= 11 is 0. The maximum absolute atomic E-state index is 2.76. The molecule has 2 atom stereocenters. The lowest BCUT2D eigenvalue weighted by Gasteiger charge is -2.44. The molecule has 1 heterocycles. The van der Waals surface area contributed by atoms with Gasteiger partial charge in [-0.3, -0.25) is 4.90 Å². The van der Waals surface area contributed by atoms with Crippen molar-refractivity contribution in [1.29, 1.82) is 0 Å². The van der Waals surface area contributed by atoms with Crippen molar-refractivity contribution in [2.75, 3.05) is 46.3 Å². The van der Waals surface area contributed by atoms with Gasteiger partial charge in [0.2, 0.25) is 0 Å². The Kier molecular flexibility index (Phi) is 8.96. The van der Waals surface area contributed by atoms with E-state index in [9.17, 15) is 0 Å². The summed E-state index contributed by atoms with van der Waals surface area (Å²) in [5.74, 6) is 1.53. The standard InChI is InChI=1S/C19H41N3/c1-8-18(6)20(7)10-9-11-22-13-12-21(14-16(2)3)15-19(22)17(4)5/h16-19H,8-15H2,1-7H3. The Labute approximate surface area is 140 Å². The third-order valence-corrected chi connectivity index (χ3v) is 5.31. The summed E-state index contributed by atoms with van der Waals surface area (Å²) in [5.41, 5.74) is 0. The second kappa shape index (κ2) is 9.89. The molecular weight excluding hydrogens is 270 g/mol. The molecule has 2 unspecified atom stereocenters. The van der Waals surface area contributed by atoms with Crippen LogP contribution in [0.2, 0.25) is 0 Å². The van der Waals surface area contributed by atoms with Crippen LogP contribution in [0.4, 0.5) is 0 Å². The van der Waals surface area contributed by atoms with Crippen molar-refractivity contribution in [2.24, 2.45) is 11.8 Å². The van der Waals surface area contributed by atoms with E-state index in [1.54, 1.807) is 0 Å². The van der Waals surface area contributed by atoms with Crippen LogP contribution in [0.15, 0.2) is 0 Å². The molecule has 1 fully saturated rings. The van der Waals surface area contributed by atoms with Crippen molar-refractivity contribution in [2.45, 2.75) is 66.5 Å². The zero-order valence-electron chi connectivity index (χ0n) is 16.3. The van der Waals surface area contributed by atoms with Crippen molar-refractivity contribution in [1.82, 2.24) is 14.7 Å². The molecule has 1 aliphatic heterocycles. The topological polar surface area (TPSA) is 9.72 Å². The summed E-state index contributed by atoms with van der Waals surface area (Å²) in [6.07, 6.45) is 2.55. The molecule has 3 heteroatoms. The van der Waals surface area contributed by atoms with E-state index in [0.717, 1.165) is 17.9 Å². The zero-order chi connectivity index (χ0) is 16.7. The Bertz CT molecular complexity index is 290. The van der Waals surface area contributed by atoms with Crippen molar-refractivity contribution in [3.8, 4) is 0 Å². The second-order valence-corrected chi connectivity index (χ2v) is 8.09. The van der Waals surface area contributed by atoms with E-state index in [1.165, 1.54) is 52.1 Å². The monoisotopic (exact) mass is 311 g/mol. The molecule has 0 amide bonds. The van der Waals surface area contributed by atoms with Gasteiger partial charge in [-0.05, 0) is 51.7 Å². The highest BCUT2D eigenvalue weighted by atomic mass is 15.3. The lowest BCUT2D eigenvalue weighted by atomic mass is 9.98. The van der Waals surface area contributed by atoms with Gasteiger partial charge in [-0.25, -0.2) is 0 Å². The predicted molar refractivity (Wildman–Crippen MR) is 98.5 cm³/mol. The average molecular weight is 312 g/mol. The van der Waals surface area contributed by atoms with E-state index in [0.29, 0.717) is 6.04 Å². The highest BCUT2D eigenvalue weighted by Crippen LogP contribution is 2.18. The molecule has 22 heavy (non-hydrogen) atoms. The van der Waals surface area contributed by atoms with Gasteiger partial charge >= 0.3 is 0 Å². The summed E-state index contributed by atoms with van der Waals surface area (Å²) in [6.45, 7) is 21.6. The number of nitrogens with zero attached hydrogens (tertiary/aromatic N) is 3. The Hall–Kier alpha value is -0.120. The third-order valence-electron chi connectivity index (χ3n) is 5.31. The first-order chi connectivity index (χ1) is 10.3. The minimum absolute atomic E-state index is 0.712. The fourth-order valence-corrected chi connectivity index (χ4v) is 3.55. The van der Waals surface area contributed by atoms with Gasteiger partial charge in [0.15, 0.2) is 0 Å². The van der Waals surface area contributed by atoms with Gasteiger partial charge in [-0.15, -0.1) is 0 Å². The summed E-state index contributed by atoms with van der Waals surface area (Å²) in [5, 5.41) is 0. The molecule has 0 aromatic carbocycles. The molecule has 0 N–H and O–H groups in total. The summed E-state index contributed by atoms with van der Waals surface area (Å²) in [6, 6.07) is 1.45. The van der Waals surface area contributed by atoms with E-state index in [4.69, 9.17) is 0 Å². The van der Waals surface area contributed by atoms with Crippen molar-refractivity contribution < 1.29 is 0 Å². The van der Waals surface area contributed by atoms with Gasteiger partial charge < -0.3 is 9.80 Å². The molecule has 0 spiro atoms. The van der Waals surface area contributed by atoms with E-state index in [1.807, 2.05) is 0 Å². The second-order valence-electron chi connectivity index (χ2n) is 8.09. The van der Waals surface area contributed by atoms with E-state index >= 15 is 0 Å². The Balaban J connectivity index is 2.42. The highest BCUT2D eigenvalue weighted by Gasteiger charge is 2.28. The van der Waals surface area contributed by atoms with E-state index < -0.39 is 0 Å². The van der Waals surface area contributed by atoms with Crippen molar-refractivity contribution >= 4 is 0 Å². The first kappa shape index (κ1) is 19.9. The quantitative estimate of drug-likeness (QED) is 0.646. The van der Waals surface area contributed by atoms with Gasteiger partial charge in [0.1, 0.15) is 0 Å². The molecule has 0 saturated carbocycles. The number of hydrogen-bond acceptors (Lipinski definition) is 3. The molecule has 132 valence electrons. The fraction of sp³-hybridized carbons (Fsp3) is 1.00. The van der Waals surface area contributed by atoms with Crippen LogP contribution in [0.1, 0.15) is 54.4 Å². The Morgan fingerprint density at radius 1 is 1.09 bits per heavy atom. The number of rotatable bonds is 9. The normalized spacial score (nSPS) is 22.9. The lowest BCUT2D eigenvalue weighted by molar-refractivity contribution is 0.0415. The molecule has 0 bridgehead atoms. The van der Waals surface area contributed by atoms with Gasteiger partial charge in [-0.1, -0.05) is 34.6 Å². The molecule has 1 saturated heterocycles. The van der Waals surface area contributed by atoms with Crippen LogP contribution in [0, 0.1) is 11.8 Å². The average Bonchev–Trinajstić information content (AvgIpc) is 2.46. The lowest BCUT2D eigenvalue weighted by Crippen LogP contribution is -2.56. The number of hydrogen-bond donors (Lipinski definition) is 0. The maximum Gasteiger partial charge on any atom is 0.0246 e. The van der Waals surface area contributed by atoms with E-state index in [-0.39, 0.29) is 0 Å². The predicted octanol–water partition coefficient (Wildman–Crippen LogP) is 3.41. The third kappa shape index (κ3) is 6.55. The van der Waals surface area contributed by atoms with Crippen LogP contribution >= 0.6 is 0 Å². The first-order valence-electron chi connectivity index (χ1n) is 9.51. The molecule has 0 radical (unpaired) electrons. The Morgan fingerprint density at radius 3 is 2.32 bits per heavy atom. The van der Waals surface area contributed by atoms with Crippen LogP contribution < -0.4 is 0 Å². The molecule has 0 aliphatic carbocycles. The number of piperazine rings is 1. The largest absolute Gasteiger partial charge is 0.304 e. The first-order valence-corrected chi connectivity index (χ1v) is 9.51. The highest BCUT2D eigenvalue weighted by molar-refractivity contribution is 4.84. The minimum atomic E-state index is 0.712. The molecular formula is C19H41N3. The molecule has 1 aliphatic rings. The fourth-order valence-electron chi connectivity index (χ4n) is 3.55. The zero-order valence-corrected chi connectivity index (χ0v) is 16.3. The Morgan fingerprint density at radius 2 is 1.77 bits per heavy atom. The van der Waals surface area contributed by atoms with Crippen molar-refractivity contribution in [3.05, 3.63) is 0 Å². The van der Waals surface area contributed by atoms with Crippen LogP contribution in [0.5, 0.6) is 0 Å². The summed E-state index contributed by atoms with van der Waals surface area (Å²) < 4.78 is 0. The van der Waals surface area contributed by atoms with Gasteiger partial charge in [-0.2, -0.15) is 0 Å². The van der Waals surface area contributed by atoms with Crippen LogP contribution in [0.3, 0.4) is 0 Å². The minimum Gasteiger partial charge on any atom is -0.304 e. The van der Waals surface area contributed by atoms with E-state index in [2.05, 4.69) is 63.3 Å². The van der Waals surface area contributed by atoms with Crippen LogP contribution in [0.25, 0.3) is 0 Å². The molecule has 1 rings (SSSR count). The SMILES string of the molecule is CCC(C)N(C)CCCN1CCN(CC(C)C)CC1C(C)C. The van der Waals surface area contributed by atoms with Crippen molar-refractivity contribution in [3.63, 3.8) is 0 Å². The maximum atomic E-state index is 2.76. The summed E-state index contributed by atoms with van der Waals surface area (Å²) in [7, 11) is 2.27.